The topological polar surface area (TPSA) is 78.4 Å². The summed E-state index contributed by atoms with van der Waals surface area (Å²) in [4.78, 5) is 12.4. The van der Waals surface area contributed by atoms with E-state index >= 15 is 0 Å². The molecule has 142 valence electrons. The van der Waals surface area contributed by atoms with Gasteiger partial charge in [-0.15, -0.1) is 11.6 Å². The van der Waals surface area contributed by atoms with E-state index in [1.165, 1.54) is 0 Å². The summed E-state index contributed by atoms with van der Waals surface area (Å²) in [5, 5.41) is 9.21. The molecule has 0 bridgehead atoms. The Morgan fingerprint density at radius 2 is 1.77 bits per heavy atom. The third-order valence-corrected chi connectivity index (χ3v) is 6.12. The lowest BCUT2D eigenvalue weighted by atomic mass is 9.89. The molecule has 0 radical (unpaired) electrons. The van der Waals surface area contributed by atoms with Gasteiger partial charge in [0.05, 0.1) is 10.6 Å². The van der Waals surface area contributed by atoms with Crippen molar-refractivity contribution in [2.45, 2.75) is 77.3 Å². The molecule has 1 aliphatic heterocycles. The molecule has 5 nitrogen and oxygen atoms in total. The molecule has 2 aliphatic rings. The van der Waals surface area contributed by atoms with Crippen LogP contribution in [-0.4, -0.2) is 33.0 Å². The number of thiazole rings is 1. The Hall–Kier alpha value is -1.40. The molecule has 0 amide bonds. The molecule has 0 saturated heterocycles. The normalized spacial score (nSPS) is 21.1. The fourth-order valence-electron chi connectivity index (χ4n) is 4.00. The minimum absolute atomic E-state index is 0.0964. The van der Waals surface area contributed by atoms with Crippen molar-refractivity contribution in [1.29, 1.82) is 5.41 Å². The SMILES string of the molecule is CC(C)(C)N(c1nc(N)c(C2=NC(=N)C3=C2CC(Cl)CC3)s1)C(C)(C)C. The van der Waals surface area contributed by atoms with Gasteiger partial charge >= 0.3 is 0 Å². The van der Waals surface area contributed by atoms with Gasteiger partial charge in [0.15, 0.2) is 5.13 Å². The molecule has 0 fully saturated rings. The number of halogens is 1. The largest absolute Gasteiger partial charge is 0.382 e. The van der Waals surface area contributed by atoms with E-state index in [0.29, 0.717) is 11.7 Å². The Labute approximate surface area is 164 Å². The van der Waals surface area contributed by atoms with Gasteiger partial charge in [-0.2, -0.15) is 0 Å². The number of aliphatic imine (C=N–C) groups is 1. The van der Waals surface area contributed by atoms with Gasteiger partial charge in [0.25, 0.3) is 0 Å². The van der Waals surface area contributed by atoms with Crippen LogP contribution in [0.25, 0.3) is 0 Å². The molecule has 7 heteroatoms. The highest BCUT2D eigenvalue weighted by Crippen LogP contribution is 2.42. The number of nitrogens with zero attached hydrogens (tertiary/aromatic N) is 3. The van der Waals surface area contributed by atoms with Crippen LogP contribution >= 0.6 is 22.9 Å². The van der Waals surface area contributed by atoms with Gasteiger partial charge in [-0.3, -0.25) is 5.41 Å². The van der Waals surface area contributed by atoms with Crippen molar-refractivity contribution >= 4 is 45.4 Å². The molecule has 26 heavy (non-hydrogen) atoms. The lowest BCUT2D eigenvalue weighted by molar-refractivity contribution is 0.380. The van der Waals surface area contributed by atoms with Crippen molar-refractivity contribution in [3.8, 4) is 0 Å². The number of nitrogens with one attached hydrogen (secondary N) is 1. The number of allylic oxidation sites excluding steroid dienone is 1. The Morgan fingerprint density at radius 3 is 2.35 bits per heavy atom. The van der Waals surface area contributed by atoms with Gasteiger partial charge < -0.3 is 10.6 Å². The van der Waals surface area contributed by atoms with E-state index in [1.807, 2.05) is 0 Å². The average Bonchev–Trinajstić information content (AvgIpc) is 2.96. The summed E-state index contributed by atoms with van der Waals surface area (Å²) >= 11 is 7.95. The molecule has 0 aromatic carbocycles. The van der Waals surface area contributed by atoms with Gasteiger partial charge in [0.1, 0.15) is 11.7 Å². The van der Waals surface area contributed by atoms with E-state index in [0.717, 1.165) is 46.1 Å². The molecule has 1 aliphatic carbocycles. The highest BCUT2D eigenvalue weighted by atomic mass is 35.5. The van der Waals surface area contributed by atoms with Crippen molar-refractivity contribution in [3.05, 3.63) is 16.0 Å². The van der Waals surface area contributed by atoms with Crippen LogP contribution in [0.4, 0.5) is 10.9 Å². The summed E-state index contributed by atoms with van der Waals surface area (Å²) < 4.78 is 0. The van der Waals surface area contributed by atoms with Crippen LogP contribution in [0.1, 0.15) is 65.7 Å². The summed E-state index contributed by atoms with van der Waals surface area (Å²) in [6.45, 7) is 13.1. The first-order valence-corrected chi connectivity index (χ1v) is 10.3. The van der Waals surface area contributed by atoms with Gasteiger partial charge in [-0.05, 0) is 66.4 Å². The predicted octanol–water partition coefficient (Wildman–Crippen LogP) is 5.00. The zero-order valence-electron chi connectivity index (χ0n) is 16.4. The van der Waals surface area contributed by atoms with Gasteiger partial charge in [-0.1, -0.05) is 11.3 Å². The molecule has 1 unspecified atom stereocenters. The Kier molecular flexibility index (Phi) is 4.72. The summed E-state index contributed by atoms with van der Waals surface area (Å²) in [5.41, 5.74) is 9.03. The number of aromatic nitrogens is 1. The monoisotopic (exact) mass is 393 g/mol. The lowest BCUT2D eigenvalue weighted by Crippen LogP contribution is -2.53. The average molecular weight is 394 g/mol. The molecule has 1 aromatic rings. The second-order valence-electron chi connectivity index (χ2n) is 8.99. The number of anilines is 2. The predicted molar refractivity (Wildman–Crippen MR) is 113 cm³/mol. The van der Waals surface area contributed by atoms with Crippen LogP contribution in [-0.2, 0) is 0 Å². The van der Waals surface area contributed by atoms with Gasteiger partial charge in [0.2, 0.25) is 0 Å². The first-order valence-electron chi connectivity index (χ1n) is 9.00. The van der Waals surface area contributed by atoms with Crippen molar-refractivity contribution < 1.29 is 0 Å². The molecule has 0 spiro atoms. The molecular weight excluding hydrogens is 366 g/mol. The first-order chi connectivity index (χ1) is 11.9. The van der Waals surface area contributed by atoms with Gasteiger partial charge in [-0.25, -0.2) is 9.98 Å². The van der Waals surface area contributed by atoms with E-state index in [4.69, 9.17) is 22.7 Å². The molecule has 0 saturated carbocycles. The Balaban J connectivity index is 2.06. The van der Waals surface area contributed by atoms with E-state index in [2.05, 4.69) is 56.4 Å². The van der Waals surface area contributed by atoms with Crippen LogP contribution < -0.4 is 10.6 Å². The fraction of sp³-hybridized carbons (Fsp3) is 0.632. The van der Waals surface area contributed by atoms with Gasteiger partial charge in [0, 0.05) is 22.0 Å². The maximum absolute atomic E-state index is 8.22. The second-order valence-corrected chi connectivity index (χ2v) is 10.6. The number of nitrogens with two attached hydrogens (primary N) is 1. The van der Waals surface area contributed by atoms with Crippen LogP contribution in [0.5, 0.6) is 0 Å². The third-order valence-electron chi connectivity index (χ3n) is 4.68. The zero-order valence-corrected chi connectivity index (χ0v) is 18.0. The standard InChI is InChI=1S/C19H28ClN5S/c1-18(2,3)25(19(4,5)6)17-24-16(22)14(26-17)13-12-9-10(20)7-8-11(12)15(21)23-13/h10,21H,7-9,22H2,1-6H3. The Bertz CT molecular complexity index is 793. The first kappa shape index (κ1) is 19.4. The summed E-state index contributed by atoms with van der Waals surface area (Å²) in [6.07, 6.45) is 2.46. The number of hydrogen-bond donors (Lipinski definition) is 2. The molecule has 1 atom stereocenters. The smallest absolute Gasteiger partial charge is 0.188 e. The maximum atomic E-state index is 8.22. The number of alkyl halides is 1. The van der Waals surface area contributed by atoms with E-state index in [1.54, 1.807) is 11.3 Å². The van der Waals surface area contributed by atoms with Crippen LogP contribution in [0, 0.1) is 5.41 Å². The van der Waals surface area contributed by atoms with Crippen LogP contribution in [0.15, 0.2) is 16.1 Å². The summed E-state index contributed by atoms with van der Waals surface area (Å²) in [6, 6.07) is 0. The molecule has 3 rings (SSSR count). The number of rotatable bonds is 2. The minimum atomic E-state index is -0.0967. The molecular formula is C19H28ClN5S. The summed E-state index contributed by atoms with van der Waals surface area (Å²) in [7, 11) is 0. The van der Waals surface area contributed by atoms with Crippen LogP contribution in [0.3, 0.4) is 0 Å². The van der Waals surface area contributed by atoms with E-state index < -0.39 is 0 Å². The van der Waals surface area contributed by atoms with Crippen molar-refractivity contribution in [2.75, 3.05) is 10.6 Å². The fourth-order valence-corrected chi connectivity index (χ4v) is 5.64. The van der Waals surface area contributed by atoms with E-state index in [-0.39, 0.29) is 16.5 Å². The highest BCUT2D eigenvalue weighted by molar-refractivity contribution is 7.18. The number of hydrogen-bond acceptors (Lipinski definition) is 5. The minimum Gasteiger partial charge on any atom is -0.382 e. The van der Waals surface area contributed by atoms with Crippen LogP contribution in [0.2, 0.25) is 0 Å². The van der Waals surface area contributed by atoms with Crippen molar-refractivity contribution in [1.82, 2.24) is 4.98 Å². The lowest BCUT2D eigenvalue weighted by Gasteiger charge is -2.45. The van der Waals surface area contributed by atoms with E-state index in [9.17, 15) is 0 Å². The molecule has 1 aromatic heterocycles. The summed E-state index contributed by atoms with van der Waals surface area (Å²) in [5.74, 6) is 0.844. The number of amidine groups is 1. The third kappa shape index (κ3) is 3.41. The van der Waals surface area contributed by atoms with Crippen molar-refractivity contribution in [2.24, 2.45) is 4.99 Å². The highest BCUT2D eigenvalue weighted by Gasteiger charge is 2.37. The molecule has 3 N–H and O–H groups in total. The zero-order chi connectivity index (χ0) is 19.4. The maximum Gasteiger partial charge on any atom is 0.188 e. The quantitative estimate of drug-likeness (QED) is 0.694. The number of nitrogen functional groups attached to an aromatic ring is 1. The molecule has 2 heterocycles. The Morgan fingerprint density at radius 1 is 1.15 bits per heavy atom. The second kappa shape index (κ2) is 6.34. The van der Waals surface area contributed by atoms with Crippen molar-refractivity contribution in [3.63, 3.8) is 0 Å².